The van der Waals surface area contributed by atoms with Crippen LogP contribution in [-0.2, 0) is 10.9 Å². The first-order chi connectivity index (χ1) is 10.4. The van der Waals surface area contributed by atoms with Gasteiger partial charge < -0.3 is 9.47 Å². The second-order valence-corrected chi connectivity index (χ2v) is 4.33. The van der Waals surface area contributed by atoms with Crippen LogP contribution >= 0.6 is 0 Å². The smallest absolute Gasteiger partial charge is 0.416 e. The van der Waals surface area contributed by atoms with E-state index < -0.39 is 17.7 Å². The summed E-state index contributed by atoms with van der Waals surface area (Å²) in [7, 11) is 2.52. The molecule has 2 aromatic rings. The molecule has 0 spiro atoms. The number of nitrogens with zero attached hydrogens (tertiary/aromatic N) is 1. The fraction of sp³-hybridized carbons (Fsp3) is 0.200. The lowest BCUT2D eigenvalue weighted by molar-refractivity contribution is -0.137. The van der Waals surface area contributed by atoms with E-state index >= 15 is 0 Å². The lowest BCUT2D eigenvalue weighted by Gasteiger charge is -2.14. The largest absolute Gasteiger partial charge is 0.496 e. The summed E-state index contributed by atoms with van der Waals surface area (Å²) in [6, 6.07) is 4.41. The number of alkyl halides is 3. The molecule has 0 bridgehead atoms. The van der Waals surface area contributed by atoms with Crippen LogP contribution in [0.25, 0.3) is 11.1 Å². The van der Waals surface area contributed by atoms with Crippen molar-refractivity contribution in [2.45, 2.75) is 6.18 Å². The van der Waals surface area contributed by atoms with Gasteiger partial charge in [0.1, 0.15) is 5.75 Å². The molecule has 1 heterocycles. The van der Waals surface area contributed by atoms with Crippen LogP contribution in [0, 0.1) is 0 Å². The third kappa shape index (κ3) is 3.03. The average Bonchev–Trinajstić information content (AvgIpc) is 2.52. The van der Waals surface area contributed by atoms with Gasteiger partial charge in [0.15, 0.2) is 0 Å². The van der Waals surface area contributed by atoms with Gasteiger partial charge in [0.25, 0.3) is 0 Å². The molecular weight excluding hydrogens is 299 g/mol. The summed E-state index contributed by atoms with van der Waals surface area (Å²) in [5, 5.41) is 0. The molecule has 0 unspecified atom stereocenters. The zero-order valence-corrected chi connectivity index (χ0v) is 11.8. The van der Waals surface area contributed by atoms with Gasteiger partial charge in [-0.1, -0.05) is 0 Å². The zero-order chi connectivity index (χ0) is 16.3. The summed E-state index contributed by atoms with van der Waals surface area (Å²) in [5.74, 6) is -0.469. The van der Waals surface area contributed by atoms with Crippen LogP contribution in [0.3, 0.4) is 0 Å². The van der Waals surface area contributed by atoms with Crippen molar-refractivity contribution in [2.75, 3.05) is 14.2 Å². The van der Waals surface area contributed by atoms with Gasteiger partial charge in [-0.25, -0.2) is 4.79 Å². The molecule has 0 N–H and O–H groups in total. The molecule has 7 heteroatoms. The lowest BCUT2D eigenvalue weighted by atomic mass is 9.99. The number of halogens is 3. The summed E-state index contributed by atoms with van der Waals surface area (Å²) >= 11 is 0. The SMILES string of the molecule is COC(=O)c1ccncc1-c1cc(C(F)(F)F)ccc1OC. The maximum Gasteiger partial charge on any atom is 0.416 e. The van der Waals surface area contributed by atoms with E-state index in [0.717, 1.165) is 12.1 Å². The van der Waals surface area contributed by atoms with Crippen molar-refractivity contribution in [3.63, 3.8) is 0 Å². The second-order valence-electron chi connectivity index (χ2n) is 4.33. The predicted octanol–water partition coefficient (Wildman–Crippen LogP) is 3.56. The van der Waals surface area contributed by atoms with Gasteiger partial charge in [-0.05, 0) is 24.3 Å². The zero-order valence-electron chi connectivity index (χ0n) is 11.8. The standard InChI is InChI=1S/C15H12F3NO3/c1-21-13-4-3-9(15(16,17)18)7-11(13)12-8-19-6-5-10(12)14(20)22-2/h3-8H,1-2H3. The average molecular weight is 311 g/mol. The van der Waals surface area contributed by atoms with Crippen LogP contribution in [0.4, 0.5) is 13.2 Å². The Hall–Kier alpha value is -2.57. The van der Waals surface area contributed by atoms with Crippen molar-refractivity contribution in [3.8, 4) is 16.9 Å². The highest BCUT2D eigenvalue weighted by atomic mass is 19.4. The number of pyridine rings is 1. The first-order valence-corrected chi connectivity index (χ1v) is 6.16. The van der Waals surface area contributed by atoms with Crippen LogP contribution in [0.15, 0.2) is 36.7 Å². The number of benzene rings is 1. The third-order valence-corrected chi connectivity index (χ3v) is 3.04. The highest BCUT2D eigenvalue weighted by molar-refractivity contribution is 5.97. The molecule has 0 atom stereocenters. The predicted molar refractivity (Wildman–Crippen MR) is 72.6 cm³/mol. The number of carbonyl (C=O) groups excluding carboxylic acids is 1. The van der Waals surface area contributed by atoms with Crippen LogP contribution < -0.4 is 4.74 Å². The number of ether oxygens (including phenoxy) is 2. The Kier molecular flexibility index (Phi) is 4.35. The van der Waals surface area contributed by atoms with Gasteiger partial charge in [-0.2, -0.15) is 13.2 Å². The van der Waals surface area contributed by atoms with Crippen LogP contribution in [0.1, 0.15) is 15.9 Å². The summed E-state index contributed by atoms with van der Waals surface area (Å²) in [5.41, 5.74) is -0.416. The normalized spacial score (nSPS) is 11.1. The van der Waals surface area contributed by atoms with Crippen LogP contribution in [0.2, 0.25) is 0 Å². The Morgan fingerprint density at radius 2 is 1.86 bits per heavy atom. The molecular formula is C15H12F3NO3. The highest BCUT2D eigenvalue weighted by Crippen LogP contribution is 2.38. The van der Waals surface area contributed by atoms with E-state index in [0.29, 0.717) is 0 Å². The van der Waals surface area contributed by atoms with Crippen LogP contribution in [0.5, 0.6) is 5.75 Å². The minimum atomic E-state index is -4.51. The summed E-state index contributed by atoms with van der Waals surface area (Å²) in [6.45, 7) is 0. The number of methoxy groups -OCH3 is 2. The monoisotopic (exact) mass is 311 g/mol. The molecule has 0 saturated carbocycles. The van der Waals surface area contributed by atoms with E-state index in [2.05, 4.69) is 9.72 Å². The Bertz CT molecular complexity index is 699. The number of hydrogen-bond acceptors (Lipinski definition) is 4. The molecule has 0 aliphatic rings. The minimum absolute atomic E-state index is 0.107. The number of aromatic nitrogens is 1. The number of carbonyl (C=O) groups is 1. The third-order valence-electron chi connectivity index (χ3n) is 3.04. The van der Waals surface area contributed by atoms with Gasteiger partial charge in [-0.15, -0.1) is 0 Å². The molecule has 0 aliphatic carbocycles. The van der Waals surface area contributed by atoms with Crippen molar-refractivity contribution in [3.05, 3.63) is 47.8 Å². The first-order valence-electron chi connectivity index (χ1n) is 6.16. The van der Waals surface area contributed by atoms with E-state index in [4.69, 9.17) is 4.74 Å². The molecule has 4 nitrogen and oxygen atoms in total. The Labute approximate surface area is 124 Å². The van der Waals surface area contributed by atoms with Crippen molar-refractivity contribution in [2.24, 2.45) is 0 Å². The molecule has 2 rings (SSSR count). The van der Waals surface area contributed by atoms with E-state index in [-0.39, 0.29) is 22.4 Å². The molecule has 1 aromatic carbocycles. The molecule has 0 fully saturated rings. The number of rotatable bonds is 3. The van der Waals surface area contributed by atoms with Gasteiger partial charge >= 0.3 is 12.1 Å². The highest BCUT2D eigenvalue weighted by Gasteiger charge is 2.31. The first kappa shape index (κ1) is 15.8. The number of esters is 1. The van der Waals surface area contributed by atoms with Gasteiger partial charge in [-0.3, -0.25) is 4.98 Å². The van der Waals surface area contributed by atoms with Crippen molar-refractivity contribution in [1.29, 1.82) is 0 Å². The quantitative estimate of drug-likeness (QED) is 0.813. The Morgan fingerprint density at radius 1 is 1.14 bits per heavy atom. The second kappa shape index (κ2) is 6.05. The van der Waals surface area contributed by atoms with E-state index in [9.17, 15) is 18.0 Å². The molecule has 0 radical (unpaired) electrons. The fourth-order valence-corrected chi connectivity index (χ4v) is 1.99. The molecule has 116 valence electrons. The summed E-state index contributed by atoms with van der Waals surface area (Å²) < 4.78 is 48.4. The van der Waals surface area contributed by atoms with Gasteiger partial charge in [0.2, 0.25) is 0 Å². The Balaban J connectivity index is 2.68. The topological polar surface area (TPSA) is 48.4 Å². The lowest BCUT2D eigenvalue weighted by Crippen LogP contribution is -2.07. The molecule has 0 saturated heterocycles. The molecule has 22 heavy (non-hydrogen) atoms. The maximum atomic E-state index is 12.9. The molecule has 0 amide bonds. The fourth-order valence-electron chi connectivity index (χ4n) is 1.99. The van der Waals surface area contributed by atoms with Crippen LogP contribution in [-0.4, -0.2) is 25.2 Å². The summed E-state index contributed by atoms with van der Waals surface area (Å²) in [4.78, 5) is 15.6. The Morgan fingerprint density at radius 3 is 2.45 bits per heavy atom. The van der Waals surface area contributed by atoms with E-state index in [1.54, 1.807) is 0 Å². The summed E-state index contributed by atoms with van der Waals surface area (Å²) in [6.07, 6.45) is -1.85. The molecule has 0 aliphatic heterocycles. The van der Waals surface area contributed by atoms with Crippen molar-refractivity contribution >= 4 is 5.97 Å². The van der Waals surface area contributed by atoms with E-state index in [1.807, 2.05) is 0 Å². The van der Waals surface area contributed by atoms with Gasteiger partial charge in [0.05, 0.1) is 25.3 Å². The molecule has 1 aromatic heterocycles. The number of hydrogen-bond donors (Lipinski definition) is 0. The van der Waals surface area contributed by atoms with Gasteiger partial charge in [0, 0.05) is 23.5 Å². The van der Waals surface area contributed by atoms with Crippen molar-refractivity contribution in [1.82, 2.24) is 4.98 Å². The minimum Gasteiger partial charge on any atom is -0.496 e. The maximum absolute atomic E-state index is 12.9. The van der Waals surface area contributed by atoms with E-state index in [1.165, 1.54) is 38.7 Å². The van der Waals surface area contributed by atoms with Crippen molar-refractivity contribution < 1.29 is 27.4 Å².